The number of ether oxygens (including phenoxy) is 1. The van der Waals surface area contributed by atoms with Crippen LogP contribution in [0.15, 0.2) is 54.6 Å². The molecule has 31 heavy (non-hydrogen) atoms. The second-order valence-corrected chi connectivity index (χ2v) is 7.78. The molecule has 1 amide bonds. The van der Waals surface area contributed by atoms with Crippen LogP contribution < -0.4 is 10.1 Å². The van der Waals surface area contributed by atoms with E-state index < -0.39 is 6.10 Å². The minimum Gasteiger partial charge on any atom is -0.464 e. The van der Waals surface area contributed by atoms with Crippen LogP contribution in [0.2, 0.25) is 0 Å². The van der Waals surface area contributed by atoms with Crippen molar-refractivity contribution in [2.24, 2.45) is 7.05 Å². The number of hydrogen-bond acceptors (Lipinski definition) is 4. The van der Waals surface area contributed by atoms with E-state index in [1.165, 1.54) is 0 Å². The van der Waals surface area contributed by atoms with Crippen LogP contribution in [-0.2, 0) is 11.8 Å². The minimum absolute atomic E-state index is 0.224. The van der Waals surface area contributed by atoms with Gasteiger partial charge in [0.05, 0.1) is 11.1 Å². The van der Waals surface area contributed by atoms with Crippen LogP contribution in [0.5, 0.6) is 5.88 Å². The van der Waals surface area contributed by atoms with Crippen LogP contribution >= 0.6 is 0 Å². The van der Waals surface area contributed by atoms with Crippen molar-refractivity contribution in [2.75, 3.05) is 5.32 Å². The zero-order chi connectivity index (χ0) is 22.1. The normalized spacial score (nSPS) is 12.0. The van der Waals surface area contributed by atoms with E-state index in [0.717, 1.165) is 44.7 Å². The van der Waals surface area contributed by atoms with Crippen molar-refractivity contribution >= 4 is 22.6 Å². The summed E-state index contributed by atoms with van der Waals surface area (Å²) in [6.07, 6.45) is -0.720. The lowest BCUT2D eigenvalue weighted by molar-refractivity contribution is -0.122. The Hall–Kier alpha value is -3.67. The van der Waals surface area contributed by atoms with Gasteiger partial charge in [0.2, 0.25) is 5.88 Å². The quantitative estimate of drug-likeness (QED) is 0.501. The van der Waals surface area contributed by atoms with Gasteiger partial charge in [-0.2, -0.15) is 10.1 Å². The number of nitrogens with zero attached hydrogens (tertiary/aromatic N) is 3. The Balaban J connectivity index is 1.66. The second-order valence-electron chi connectivity index (χ2n) is 7.78. The molecule has 6 heteroatoms. The summed E-state index contributed by atoms with van der Waals surface area (Å²) < 4.78 is 7.73. The molecule has 4 aromatic rings. The number of rotatable bonds is 5. The Labute approximate surface area is 181 Å². The van der Waals surface area contributed by atoms with Crippen molar-refractivity contribution in [1.29, 1.82) is 0 Å². The fourth-order valence-electron chi connectivity index (χ4n) is 3.68. The molecule has 0 saturated carbocycles. The maximum absolute atomic E-state index is 12.8. The van der Waals surface area contributed by atoms with Gasteiger partial charge in [0.25, 0.3) is 5.91 Å². The van der Waals surface area contributed by atoms with Gasteiger partial charge < -0.3 is 10.1 Å². The number of benzene rings is 2. The van der Waals surface area contributed by atoms with Crippen LogP contribution in [-0.4, -0.2) is 26.8 Å². The number of fused-ring (bicyclic) bond motifs is 1. The van der Waals surface area contributed by atoms with Gasteiger partial charge in [0.15, 0.2) is 11.8 Å². The van der Waals surface area contributed by atoms with Crippen LogP contribution in [0, 0.1) is 20.8 Å². The number of carbonyl (C=O) groups excluding carboxylic acids is 1. The fraction of sp³-hybridized carbons (Fsp3) is 0.240. The first-order valence-electron chi connectivity index (χ1n) is 10.3. The van der Waals surface area contributed by atoms with Crippen molar-refractivity contribution in [2.45, 2.75) is 33.8 Å². The number of aromatic nitrogens is 3. The van der Waals surface area contributed by atoms with E-state index in [4.69, 9.17) is 4.74 Å². The minimum atomic E-state index is -0.720. The van der Waals surface area contributed by atoms with E-state index in [1.54, 1.807) is 11.6 Å². The standard InChI is InChI=1S/C25H26N4O2/c1-15-10-9-13-21(16(15)2)26-25(30)18(4)31-22-14-20(19-11-7-6-8-12-19)23-17(3)28-29(5)24(23)27-22/h6-14,18H,1-5H3,(H,26,30)/t18-/m1/s1. The third-order valence-corrected chi connectivity index (χ3v) is 5.56. The molecule has 0 spiro atoms. The zero-order valence-electron chi connectivity index (χ0n) is 18.4. The lowest BCUT2D eigenvalue weighted by Crippen LogP contribution is -2.30. The molecule has 4 rings (SSSR count). The van der Waals surface area contributed by atoms with Crippen molar-refractivity contribution < 1.29 is 9.53 Å². The first-order valence-corrected chi connectivity index (χ1v) is 10.3. The maximum atomic E-state index is 12.8. The summed E-state index contributed by atoms with van der Waals surface area (Å²) >= 11 is 0. The second kappa shape index (κ2) is 8.22. The molecule has 0 bridgehead atoms. The third-order valence-electron chi connectivity index (χ3n) is 5.56. The average molecular weight is 415 g/mol. The molecular weight excluding hydrogens is 388 g/mol. The smallest absolute Gasteiger partial charge is 0.265 e. The lowest BCUT2D eigenvalue weighted by atomic mass is 10.0. The van der Waals surface area contributed by atoms with Crippen LogP contribution in [0.3, 0.4) is 0 Å². The van der Waals surface area contributed by atoms with E-state index in [2.05, 4.69) is 15.4 Å². The van der Waals surface area contributed by atoms with E-state index in [0.29, 0.717) is 5.88 Å². The predicted octanol–water partition coefficient (Wildman–Crippen LogP) is 4.97. The van der Waals surface area contributed by atoms with E-state index in [-0.39, 0.29) is 5.91 Å². The largest absolute Gasteiger partial charge is 0.464 e. The van der Waals surface area contributed by atoms with Gasteiger partial charge in [-0.15, -0.1) is 0 Å². The molecule has 6 nitrogen and oxygen atoms in total. The molecule has 0 fully saturated rings. The van der Waals surface area contributed by atoms with Gasteiger partial charge in [-0.05, 0) is 56.0 Å². The van der Waals surface area contributed by atoms with Gasteiger partial charge >= 0.3 is 0 Å². The number of amides is 1. The average Bonchev–Trinajstić information content (AvgIpc) is 3.05. The molecule has 1 N–H and O–H groups in total. The summed E-state index contributed by atoms with van der Waals surface area (Å²) in [7, 11) is 1.86. The highest BCUT2D eigenvalue weighted by Gasteiger charge is 2.20. The van der Waals surface area contributed by atoms with Crippen LogP contribution in [0.4, 0.5) is 5.69 Å². The van der Waals surface area contributed by atoms with Gasteiger partial charge in [-0.3, -0.25) is 9.48 Å². The summed E-state index contributed by atoms with van der Waals surface area (Å²) in [6.45, 7) is 7.70. The Bertz CT molecular complexity index is 1260. The monoisotopic (exact) mass is 414 g/mol. The Morgan fingerprint density at radius 1 is 1.06 bits per heavy atom. The van der Waals surface area contributed by atoms with Crippen molar-refractivity contribution in [1.82, 2.24) is 14.8 Å². The highest BCUT2D eigenvalue weighted by atomic mass is 16.5. The van der Waals surface area contributed by atoms with Crippen LogP contribution in [0.25, 0.3) is 22.2 Å². The Morgan fingerprint density at radius 3 is 2.55 bits per heavy atom. The topological polar surface area (TPSA) is 69.0 Å². The molecule has 0 unspecified atom stereocenters. The van der Waals surface area contributed by atoms with E-state index >= 15 is 0 Å². The zero-order valence-corrected chi connectivity index (χ0v) is 18.4. The number of pyridine rings is 1. The molecule has 2 heterocycles. The number of hydrogen-bond donors (Lipinski definition) is 1. The molecule has 2 aromatic carbocycles. The van der Waals surface area contributed by atoms with E-state index in [1.807, 2.05) is 82.4 Å². The molecule has 0 aliphatic heterocycles. The van der Waals surface area contributed by atoms with Gasteiger partial charge in [0.1, 0.15) is 0 Å². The predicted molar refractivity (Wildman–Crippen MR) is 123 cm³/mol. The lowest BCUT2D eigenvalue weighted by Gasteiger charge is -2.17. The molecule has 0 aliphatic carbocycles. The molecule has 0 aliphatic rings. The molecule has 0 saturated heterocycles. The Kier molecular flexibility index (Phi) is 5.46. The summed E-state index contributed by atoms with van der Waals surface area (Å²) in [5.74, 6) is 0.163. The van der Waals surface area contributed by atoms with E-state index in [9.17, 15) is 4.79 Å². The third kappa shape index (κ3) is 4.01. The Morgan fingerprint density at radius 2 is 1.81 bits per heavy atom. The number of carbonyl (C=O) groups is 1. The van der Waals surface area contributed by atoms with Crippen LogP contribution in [0.1, 0.15) is 23.7 Å². The molecular formula is C25H26N4O2. The first kappa shape index (κ1) is 20.6. The van der Waals surface area contributed by atoms with Crippen molar-refractivity contribution in [3.63, 3.8) is 0 Å². The molecule has 1 atom stereocenters. The summed E-state index contributed by atoms with van der Waals surface area (Å²) in [5.41, 5.74) is 6.59. The van der Waals surface area contributed by atoms with Crippen molar-refractivity contribution in [3.05, 3.63) is 71.4 Å². The van der Waals surface area contributed by atoms with Gasteiger partial charge in [-0.25, -0.2) is 0 Å². The van der Waals surface area contributed by atoms with Gasteiger partial charge in [0, 0.05) is 18.8 Å². The molecule has 158 valence electrons. The molecule has 2 aromatic heterocycles. The summed E-state index contributed by atoms with van der Waals surface area (Å²) in [4.78, 5) is 17.4. The number of nitrogens with one attached hydrogen (secondary N) is 1. The summed E-state index contributed by atoms with van der Waals surface area (Å²) in [6, 6.07) is 17.8. The number of anilines is 1. The highest BCUT2D eigenvalue weighted by molar-refractivity contribution is 5.96. The number of aryl methyl sites for hydroxylation is 3. The summed E-state index contributed by atoms with van der Waals surface area (Å²) in [5, 5.41) is 8.47. The fourth-order valence-corrected chi connectivity index (χ4v) is 3.68. The maximum Gasteiger partial charge on any atom is 0.265 e. The van der Waals surface area contributed by atoms with Crippen molar-refractivity contribution in [3.8, 4) is 17.0 Å². The SMILES string of the molecule is Cc1cccc(NC(=O)[C@@H](C)Oc2cc(-c3ccccc3)c3c(C)nn(C)c3n2)c1C. The highest BCUT2D eigenvalue weighted by Crippen LogP contribution is 2.33. The first-order chi connectivity index (χ1) is 14.8. The molecule has 0 radical (unpaired) electrons. The van der Waals surface area contributed by atoms with Gasteiger partial charge in [-0.1, -0.05) is 42.5 Å².